The Bertz CT molecular complexity index is 681. The maximum Gasteiger partial charge on any atom is 0.242 e. The minimum atomic E-state index is -3.39. The van der Waals surface area contributed by atoms with Crippen LogP contribution in [-0.4, -0.2) is 38.9 Å². The van der Waals surface area contributed by atoms with Crippen LogP contribution in [0.25, 0.3) is 10.9 Å². The Morgan fingerprint density at radius 2 is 1.89 bits per heavy atom. The normalized spacial score (nSPS) is 12.0. The van der Waals surface area contributed by atoms with Gasteiger partial charge >= 0.3 is 0 Å². The van der Waals surface area contributed by atoms with Crippen LogP contribution in [0.1, 0.15) is 0 Å². The van der Waals surface area contributed by atoms with Crippen molar-refractivity contribution in [2.45, 2.75) is 4.90 Å². The average molecular weight is 265 g/mol. The summed E-state index contributed by atoms with van der Waals surface area (Å²) in [5.74, 6) is 0.755. The van der Waals surface area contributed by atoms with Gasteiger partial charge < -0.3 is 5.32 Å². The lowest BCUT2D eigenvalue weighted by Crippen LogP contribution is -2.22. The molecule has 0 fully saturated rings. The first kappa shape index (κ1) is 12.8. The minimum Gasteiger partial charge on any atom is -0.373 e. The number of benzene rings is 1. The van der Waals surface area contributed by atoms with Crippen molar-refractivity contribution in [3.63, 3.8) is 0 Å². The molecule has 1 heterocycles. The van der Waals surface area contributed by atoms with E-state index in [-0.39, 0.29) is 4.90 Å². The summed E-state index contributed by atoms with van der Waals surface area (Å²) in [7, 11) is 1.43. The van der Waals surface area contributed by atoms with Crippen LogP contribution >= 0.6 is 0 Å². The van der Waals surface area contributed by atoms with Gasteiger partial charge in [0.2, 0.25) is 10.0 Å². The Labute approximate surface area is 106 Å². The highest BCUT2D eigenvalue weighted by Crippen LogP contribution is 2.21. The van der Waals surface area contributed by atoms with E-state index in [4.69, 9.17) is 0 Å². The molecule has 0 spiro atoms. The maximum absolute atomic E-state index is 12.0. The van der Waals surface area contributed by atoms with Crippen molar-refractivity contribution >= 4 is 26.7 Å². The van der Waals surface area contributed by atoms with E-state index in [0.29, 0.717) is 0 Å². The van der Waals surface area contributed by atoms with Crippen molar-refractivity contribution in [1.29, 1.82) is 0 Å². The van der Waals surface area contributed by atoms with Gasteiger partial charge in [-0.25, -0.2) is 17.7 Å². The minimum absolute atomic E-state index is 0.277. The van der Waals surface area contributed by atoms with Crippen molar-refractivity contribution in [1.82, 2.24) is 9.29 Å². The van der Waals surface area contributed by atoms with Gasteiger partial charge in [0.05, 0.1) is 10.4 Å². The molecule has 0 amide bonds. The highest BCUT2D eigenvalue weighted by molar-refractivity contribution is 7.89. The molecule has 0 saturated carbocycles. The summed E-state index contributed by atoms with van der Waals surface area (Å²) in [6.07, 6.45) is 0. The number of anilines is 1. The predicted molar refractivity (Wildman–Crippen MR) is 72.2 cm³/mol. The smallest absolute Gasteiger partial charge is 0.242 e. The van der Waals surface area contributed by atoms with Crippen LogP contribution in [0.5, 0.6) is 0 Å². The SMILES string of the molecule is CNc1ccc2cc(S(=O)(=O)N(C)C)ccc2n1. The molecule has 2 rings (SSSR count). The van der Waals surface area contributed by atoms with Crippen molar-refractivity contribution < 1.29 is 8.42 Å². The van der Waals surface area contributed by atoms with E-state index in [9.17, 15) is 8.42 Å². The van der Waals surface area contributed by atoms with E-state index in [1.807, 2.05) is 12.1 Å². The Morgan fingerprint density at radius 1 is 1.17 bits per heavy atom. The predicted octanol–water partition coefficient (Wildman–Crippen LogP) is 1.53. The Balaban J connectivity index is 2.59. The second-order valence-corrected chi connectivity index (χ2v) is 6.24. The van der Waals surface area contributed by atoms with Gasteiger partial charge in [0.15, 0.2) is 0 Å². The molecule has 0 aliphatic carbocycles. The highest BCUT2D eigenvalue weighted by atomic mass is 32.2. The fraction of sp³-hybridized carbons (Fsp3) is 0.250. The Morgan fingerprint density at radius 3 is 2.50 bits per heavy atom. The Hall–Kier alpha value is -1.66. The first-order valence-corrected chi connectivity index (χ1v) is 6.90. The van der Waals surface area contributed by atoms with E-state index in [1.54, 1.807) is 25.2 Å². The first-order chi connectivity index (χ1) is 8.45. The van der Waals surface area contributed by atoms with Gasteiger partial charge in [-0.3, -0.25) is 0 Å². The molecule has 5 nitrogen and oxygen atoms in total. The van der Waals surface area contributed by atoms with Crippen LogP contribution in [0, 0.1) is 0 Å². The maximum atomic E-state index is 12.0. The fourth-order valence-electron chi connectivity index (χ4n) is 1.61. The lowest BCUT2D eigenvalue weighted by Gasteiger charge is -2.11. The number of rotatable bonds is 3. The summed E-state index contributed by atoms with van der Waals surface area (Å²) in [6.45, 7) is 0. The summed E-state index contributed by atoms with van der Waals surface area (Å²) in [5, 5.41) is 3.75. The number of fused-ring (bicyclic) bond motifs is 1. The summed E-state index contributed by atoms with van der Waals surface area (Å²) >= 11 is 0. The quantitative estimate of drug-likeness (QED) is 0.914. The van der Waals surface area contributed by atoms with Crippen LogP contribution < -0.4 is 5.32 Å². The molecule has 1 N–H and O–H groups in total. The lowest BCUT2D eigenvalue weighted by molar-refractivity contribution is 0.521. The summed E-state index contributed by atoms with van der Waals surface area (Å²) in [6, 6.07) is 8.59. The van der Waals surface area contributed by atoms with Crippen molar-refractivity contribution in [3.05, 3.63) is 30.3 Å². The zero-order chi connectivity index (χ0) is 13.3. The van der Waals surface area contributed by atoms with Crippen LogP contribution in [0.2, 0.25) is 0 Å². The highest BCUT2D eigenvalue weighted by Gasteiger charge is 2.17. The van der Waals surface area contributed by atoms with Gasteiger partial charge in [0.1, 0.15) is 5.82 Å². The molecule has 0 radical (unpaired) electrons. The van der Waals surface area contributed by atoms with Crippen molar-refractivity contribution in [2.75, 3.05) is 26.5 Å². The van der Waals surface area contributed by atoms with E-state index in [0.717, 1.165) is 16.7 Å². The number of sulfonamides is 1. The molecule has 0 aliphatic rings. The van der Waals surface area contributed by atoms with Crippen LogP contribution in [0.4, 0.5) is 5.82 Å². The fourth-order valence-corrected chi connectivity index (χ4v) is 2.55. The van der Waals surface area contributed by atoms with E-state index in [2.05, 4.69) is 10.3 Å². The van der Waals surface area contributed by atoms with E-state index in [1.165, 1.54) is 18.4 Å². The molecule has 0 unspecified atom stereocenters. The second kappa shape index (κ2) is 4.55. The number of aromatic nitrogens is 1. The molecule has 1 aromatic carbocycles. The number of hydrogen-bond acceptors (Lipinski definition) is 4. The van der Waals surface area contributed by atoms with Crippen molar-refractivity contribution in [2.24, 2.45) is 0 Å². The molecule has 1 aromatic heterocycles. The molecule has 6 heteroatoms. The largest absolute Gasteiger partial charge is 0.373 e. The topological polar surface area (TPSA) is 62.3 Å². The van der Waals surface area contributed by atoms with Crippen LogP contribution in [0.3, 0.4) is 0 Å². The standard InChI is InChI=1S/C12H15N3O2S/c1-13-12-7-4-9-8-10(5-6-11(9)14-12)18(16,17)15(2)3/h4-8H,1-3H3,(H,13,14). The summed E-state index contributed by atoms with van der Waals surface area (Å²) < 4.78 is 25.2. The first-order valence-electron chi connectivity index (χ1n) is 5.46. The Kier molecular flexibility index (Phi) is 3.23. The van der Waals surface area contributed by atoms with Gasteiger partial charge in [0, 0.05) is 26.5 Å². The molecule has 0 aliphatic heterocycles. The third kappa shape index (κ3) is 2.16. The average Bonchev–Trinajstić information content (AvgIpc) is 2.37. The number of hydrogen-bond donors (Lipinski definition) is 1. The lowest BCUT2D eigenvalue weighted by atomic mass is 10.2. The molecule has 96 valence electrons. The molecule has 0 atom stereocenters. The van der Waals surface area contributed by atoms with Gasteiger partial charge in [-0.2, -0.15) is 0 Å². The molecule has 0 saturated heterocycles. The van der Waals surface area contributed by atoms with Crippen LogP contribution in [-0.2, 0) is 10.0 Å². The molecule has 18 heavy (non-hydrogen) atoms. The van der Waals surface area contributed by atoms with E-state index >= 15 is 0 Å². The van der Waals surface area contributed by atoms with Gasteiger partial charge in [-0.15, -0.1) is 0 Å². The summed E-state index contributed by atoms with van der Waals surface area (Å²) in [4.78, 5) is 4.62. The number of nitrogens with zero attached hydrogens (tertiary/aromatic N) is 2. The number of pyridine rings is 1. The molecule has 0 bridgehead atoms. The number of nitrogens with one attached hydrogen (secondary N) is 1. The van der Waals surface area contributed by atoms with E-state index < -0.39 is 10.0 Å². The van der Waals surface area contributed by atoms with Gasteiger partial charge in [-0.1, -0.05) is 0 Å². The monoisotopic (exact) mass is 265 g/mol. The molecular weight excluding hydrogens is 250 g/mol. The molecular formula is C12H15N3O2S. The van der Waals surface area contributed by atoms with Gasteiger partial charge in [-0.05, 0) is 30.3 Å². The van der Waals surface area contributed by atoms with Crippen LogP contribution in [0.15, 0.2) is 35.2 Å². The zero-order valence-electron chi connectivity index (χ0n) is 10.5. The third-order valence-electron chi connectivity index (χ3n) is 2.70. The molecule has 2 aromatic rings. The summed E-state index contributed by atoms with van der Waals surface area (Å²) in [5.41, 5.74) is 0.763. The van der Waals surface area contributed by atoms with Crippen molar-refractivity contribution in [3.8, 4) is 0 Å². The second-order valence-electron chi connectivity index (χ2n) is 4.09. The zero-order valence-corrected chi connectivity index (χ0v) is 11.3. The van der Waals surface area contributed by atoms with Gasteiger partial charge in [0.25, 0.3) is 0 Å². The third-order valence-corrected chi connectivity index (χ3v) is 4.51.